The van der Waals surface area contributed by atoms with E-state index in [-0.39, 0.29) is 0 Å². The second-order valence-corrected chi connectivity index (χ2v) is 9.24. The lowest BCUT2D eigenvalue weighted by Gasteiger charge is -2.50. The predicted molar refractivity (Wildman–Crippen MR) is 149 cm³/mol. The monoisotopic (exact) mass is 526 g/mol. The lowest BCUT2D eigenvalue weighted by atomic mass is 9.60. The molecule has 4 aromatic rings. The summed E-state index contributed by atoms with van der Waals surface area (Å²) in [6.07, 6.45) is 0. The van der Waals surface area contributed by atoms with Crippen LogP contribution in [0.25, 0.3) is 0 Å². The number of hydrogen-bond donors (Lipinski definition) is 0. The molecule has 0 unspecified atom stereocenters. The van der Waals surface area contributed by atoms with Crippen molar-refractivity contribution in [2.45, 2.75) is 5.41 Å². The second-order valence-electron chi connectivity index (χ2n) is 9.24. The maximum Gasteiger partial charge on any atom is 0.119 e. The van der Waals surface area contributed by atoms with Crippen LogP contribution in [0, 0.1) is 0 Å². The number of anilines is 4. The molecule has 0 fully saturated rings. The largest absolute Gasteiger partial charge is 0.497 e. The van der Waals surface area contributed by atoms with Crippen molar-refractivity contribution in [1.29, 1.82) is 0 Å². The summed E-state index contributed by atoms with van der Waals surface area (Å²) in [5.74, 6) is 2.88. The number of rotatable bonds is 6. The van der Waals surface area contributed by atoms with E-state index in [1.54, 1.807) is 42.7 Å². The average Bonchev–Trinajstić information content (AvgIpc) is 3.00. The Labute approximate surface area is 227 Å². The Bertz CT molecular complexity index is 1340. The van der Waals surface area contributed by atoms with Crippen molar-refractivity contribution in [2.75, 3.05) is 52.8 Å². The Morgan fingerprint density at radius 2 is 0.667 bits per heavy atom. The highest BCUT2D eigenvalue weighted by Crippen LogP contribution is 2.63. The fourth-order valence-corrected chi connectivity index (χ4v) is 6.00. The molecule has 0 bridgehead atoms. The van der Waals surface area contributed by atoms with E-state index in [4.69, 9.17) is 28.6 Å². The SMILES string of the molecule is COc1ccc2c(c1)C1(c3cc(OC)ccc3N2OC)c2cc(OC)ccc2N(OC)c2ccc(OC)cc21. The van der Waals surface area contributed by atoms with Crippen molar-refractivity contribution in [3.05, 3.63) is 95.1 Å². The van der Waals surface area contributed by atoms with E-state index in [0.29, 0.717) is 0 Å². The van der Waals surface area contributed by atoms with Crippen molar-refractivity contribution in [2.24, 2.45) is 0 Å². The van der Waals surface area contributed by atoms with Gasteiger partial charge < -0.3 is 18.9 Å². The van der Waals surface area contributed by atoms with Gasteiger partial charge in [-0.3, -0.25) is 9.68 Å². The fraction of sp³-hybridized carbons (Fsp3) is 0.226. The van der Waals surface area contributed by atoms with Gasteiger partial charge in [-0.1, -0.05) is 0 Å². The van der Waals surface area contributed by atoms with E-state index in [9.17, 15) is 0 Å². The van der Waals surface area contributed by atoms with Gasteiger partial charge in [-0.15, -0.1) is 0 Å². The quantitative estimate of drug-likeness (QED) is 0.297. The Balaban J connectivity index is 1.88. The molecule has 0 saturated heterocycles. The normalized spacial score (nSPS) is 14.2. The van der Waals surface area contributed by atoms with Gasteiger partial charge in [0.15, 0.2) is 0 Å². The average molecular weight is 527 g/mol. The van der Waals surface area contributed by atoms with Crippen LogP contribution >= 0.6 is 0 Å². The van der Waals surface area contributed by atoms with E-state index in [1.165, 1.54) is 0 Å². The molecule has 0 aliphatic carbocycles. The molecule has 0 saturated carbocycles. The Hall–Kier alpha value is -4.40. The van der Waals surface area contributed by atoms with Gasteiger partial charge in [-0.05, 0) is 72.8 Å². The van der Waals surface area contributed by atoms with Gasteiger partial charge in [0.1, 0.15) is 23.0 Å². The topological polar surface area (TPSA) is 61.9 Å². The smallest absolute Gasteiger partial charge is 0.119 e. The van der Waals surface area contributed by atoms with Crippen molar-refractivity contribution in [3.63, 3.8) is 0 Å². The second kappa shape index (κ2) is 9.41. The standard InChI is InChI=1S/C31H30N2O6/c1-34-19-7-11-27-23(15-19)31(24-16-20(35-2)8-12-28(24)32(27)38-5)25-17-21(36-3)9-13-29(25)33(39-6)30-14-10-22(37-4)18-26(30)31/h7-18H,1-6H3. The zero-order chi connectivity index (χ0) is 27.3. The van der Waals surface area contributed by atoms with Crippen LogP contribution in [0.1, 0.15) is 22.3 Å². The Morgan fingerprint density at radius 3 is 0.872 bits per heavy atom. The van der Waals surface area contributed by atoms with Gasteiger partial charge in [0.05, 0.1) is 70.8 Å². The molecule has 0 aromatic heterocycles. The first-order chi connectivity index (χ1) is 19.0. The van der Waals surface area contributed by atoms with E-state index >= 15 is 0 Å². The van der Waals surface area contributed by atoms with Crippen molar-refractivity contribution < 1.29 is 28.6 Å². The third kappa shape index (κ3) is 3.38. The van der Waals surface area contributed by atoms with Crippen molar-refractivity contribution in [1.82, 2.24) is 0 Å². The van der Waals surface area contributed by atoms with Gasteiger partial charge in [0.2, 0.25) is 0 Å². The molecule has 8 heteroatoms. The first-order valence-corrected chi connectivity index (χ1v) is 12.5. The highest BCUT2D eigenvalue weighted by atomic mass is 16.7. The summed E-state index contributed by atoms with van der Waals surface area (Å²) in [5, 5.41) is 3.69. The zero-order valence-electron chi connectivity index (χ0n) is 22.8. The van der Waals surface area contributed by atoms with Crippen molar-refractivity contribution >= 4 is 22.7 Å². The summed E-state index contributed by atoms with van der Waals surface area (Å²) < 4.78 is 23.0. The van der Waals surface area contributed by atoms with Gasteiger partial charge in [0, 0.05) is 22.3 Å². The fourth-order valence-electron chi connectivity index (χ4n) is 6.00. The van der Waals surface area contributed by atoms with E-state index in [0.717, 1.165) is 68.0 Å². The molecule has 200 valence electrons. The highest BCUT2D eigenvalue weighted by molar-refractivity contribution is 5.91. The van der Waals surface area contributed by atoms with Gasteiger partial charge >= 0.3 is 0 Å². The molecule has 39 heavy (non-hydrogen) atoms. The Kier molecular flexibility index (Phi) is 6.01. The number of hydrogen-bond acceptors (Lipinski definition) is 8. The predicted octanol–water partition coefficient (Wildman–Crippen LogP) is 6.13. The van der Waals surface area contributed by atoms with Crippen molar-refractivity contribution in [3.8, 4) is 23.0 Å². The molecule has 0 atom stereocenters. The summed E-state index contributed by atoms with van der Waals surface area (Å²) in [7, 11) is 10.0. The molecule has 0 N–H and O–H groups in total. The minimum atomic E-state index is -0.856. The Morgan fingerprint density at radius 1 is 0.410 bits per heavy atom. The molecule has 2 aliphatic rings. The molecule has 0 amide bonds. The first kappa shape index (κ1) is 24.9. The summed E-state index contributed by atoms with van der Waals surface area (Å²) in [6, 6.07) is 24.1. The molecule has 8 nitrogen and oxygen atoms in total. The van der Waals surface area contributed by atoms with Crippen LogP contribution in [0.15, 0.2) is 72.8 Å². The summed E-state index contributed by atoms with van der Waals surface area (Å²) in [4.78, 5) is 12.0. The van der Waals surface area contributed by atoms with E-state index in [2.05, 4.69) is 24.3 Å². The molecule has 2 heterocycles. The third-order valence-electron chi connectivity index (χ3n) is 7.67. The van der Waals surface area contributed by atoms with Crippen LogP contribution < -0.4 is 29.1 Å². The number of nitrogens with zero attached hydrogens (tertiary/aromatic N) is 2. The summed E-state index contributed by atoms with van der Waals surface area (Å²) in [6.45, 7) is 0. The zero-order valence-corrected chi connectivity index (χ0v) is 22.8. The lowest BCUT2D eigenvalue weighted by molar-refractivity contribution is 0.193. The van der Waals surface area contributed by atoms with Crippen LogP contribution in [0.3, 0.4) is 0 Å². The molecule has 2 aliphatic heterocycles. The third-order valence-corrected chi connectivity index (χ3v) is 7.67. The summed E-state index contributed by atoms with van der Waals surface area (Å²) >= 11 is 0. The number of fused-ring (bicyclic) bond motifs is 8. The first-order valence-electron chi connectivity index (χ1n) is 12.5. The molecular weight excluding hydrogens is 496 g/mol. The number of ether oxygens (including phenoxy) is 4. The van der Waals surface area contributed by atoms with Gasteiger partial charge in [-0.2, -0.15) is 0 Å². The molecular formula is C31H30N2O6. The molecule has 0 radical (unpaired) electrons. The highest BCUT2D eigenvalue weighted by Gasteiger charge is 2.53. The minimum absolute atomic E-state index is 0.721. The van der Waals surface area contributed by atoms with Crippen LogP contribution in [-0.2, 0) is 15.1 Å². The maximum atomic E-state index is 6.00. The minimum Gasteiger partial charge on any atom is -0.497 e. The molecule has 4 aromatic carbocycles. The van der Waals surface area contributed by atoms with Gasteiger partial charge in [-0.25, -0.2) is 10.1 Å². The van der Waals surface area contributed by atoms with Crippen LogP contribution in [0.5, 0.6) is 23.0 Å². The molecule has 6 rings (SSSR count). The number of methoxy groups -OCH3 is 4. The van der Waals surface area contributed by atoms with E-state index < -0.39 is 5.41 Å². The lowest BCUT2D eigenvalue weighted by Crippen LogP contribution is -2.43. The van der Waals surface area contributed by atoms with Gasteiger partial charge in [0.25, 0.3) is 0 Å². The summed E-state index contributed by atoms with van der Waals surface area (Å²) in [5.41, 5.74) is 6.51. The molecule has 1 spiro atoms. The van der Waals surface area contributed by atoms with Crippen LogP contribution in [-0.4, -0.2) is 42.7 Å². The van der Waals surface area contributed by atoms with E-state index in [1.807, 2.05) is 58.7 Å². The number of benzene rings is 4. The maximum absolute atomic E-state index is 6.00. The van der Waals surface area contributed by atoms with Crippen LogP contribution in [0.2, 0.25) is 0 Å². The van der Waals surface area contributed by atoms with Crippen LogP contribution in [0.4, 0.5) is 22.7 Å².